The van der Waals surface area contributed by atoms with E-state index in [1.165, 1.54) is 0 Å². The fourth-order valence-corrected chi connectivity index (χ4v) is 1.59. The molecular weight excluding hydrogens is 202 g/mol. The highest BCUT2D eigenvalue weighted by Crippen LogP contribution is 2.15. The second-order valence-electron chi connectivity index (χ2n) is 5.44. The van der Waals surface area contributed by atoms with Gasteiger partial charge in [0.15, 0.2) is 0 Å². The number of rotatable bonds is 6. The highest BCUT2D eigenvalue weighted by atomic mass is 16.6. The zero-order valence-electron chi connectivity index (χ0n) is 11.2. The number of ether oxygens (including phenoxy) is 1. The number of hydrogen-bond donors (Lipinski definition) is 0. The average molecular weight is 227 g/mol. The van der Waals surface area contributed by atoms with Crippen molar-refractivity contribution < 1.29 is 9.53 Å². The Morgan fingerprint density at radius 3 is 2.38 bits per heavy atom. The molecule has 3 nitrogen and oxygen atoms in total. The first-order valence-corrected chi connectivity index (χ1v) is 5.72. The van der Waals surface area contributed by atoms with E-state index in [9.17, 15) is 4.79 Å². The van der Waals surface area contributed by atoms with Crippen LogP contribution < -0.4 is 0 Å². The van der Waals surface area contributed by atoms with Crippen molar-refractivity contribution in [1.29, 1.82) is 0 Å². The summed E-state index contributed by atoms with van der Waals surface area (Å²) in [5, 5.41) is 0. The maximum atomic E-state index is 11.7. The monoisotopic (exact) mass is 227 g/mol. The van der Waals surface area contributed by atoms with Crippen LogP contribution in [0.2, 0.25) is 0 Å². The van der Waals surface area contributed by atoms with Gasteiger partial charge in [-0.25, -0.2) is 0 Å². The molecule has 0 aliphatic rings. The number of carbonyl (C=O) groups excluding carboxylic acids is 1. The van der Waals surface area contributed by atoms with Gasteiger partial charge in [0.25, 0.3) is 0 Å². The molecule has 0 unspecified atom stereocenters. The number of allylic oxidation sites excluding steroid dienone is 1. The Morgan fingerprint density at radius 2 is 2.00 bits per heavy atom. The molecule has 0 aromatic rings. The molecule has 0 spiro atoms. The van der Waals surface area contributed by atoms with E-state index >= 15 is 0 Å². The first-order chi connectivity index (χ1) is 7.24. The van der Waals surface area contributed by atoms with Gasteiger partial charge in [0.1, 0.15) is 5.60 Å². The summed E-state index contributed by atoms with van der Waals surface area (Å²) in [4.78, 5) is 13.7. The van der Waals surface area contributed by atoms with E-state index in [4.69, 9.17) is 4.74 Å². The lowest BCUT2D eigenvalue weighted by atomic mass is 10.0. The molecule has 94 valence electrons. The molecule has 0 N–H and O–H groups in total. The van der Waals surface area contributed by atoms with E-state index in [1.807, 2.05) is 40.9 Å². The number of esters is 1. The largest absolute Gasteiger partial charge is 0.460 e. The van der Waals surface area contributed by atoms with E-state index in [1.54, 1.807) is 0 Å². The molecule has 0 aromatic carbocycles. The molecule has 0 rings (SSSR count). The molecule has 0 aliphatic heterocycles. The zero-order chi connectivity index (χ0) is 12.8. The minimum atomic E-state index is -0.395. The topological polar surface area (TPSA) is 29.5 Å². The Morgan fingerprint density at radius 1 is 1.44 bits per heavy atom. The number of hydrogen-bond acceptors (Lipinski definition) is 3. The quantitative estimate of drug-likeness (QED) is 0.516. The summed E-state index contributed by atoms with van der Waals surface area (Å²) in [7, 11) is 4.01. The van der Waals surface area contributed by atoms with Crippen molar-refractivity contribution in [1.82, 2.24) is 4.90 Å². The van der Waals surface area contributed by atoms with Crippen molar-refractivity contribution in [3.8, 4) is 0 Å². The number of carbonyl (C=O) groups is 1. The molecule has 0 fully saturated rings. The molecule has 0 radical (unpaired) electrons. The van der Waals surface area contributed by atoms with Crippen molar-refractivity contribution in [3.05, 3.63) is 12.7 Å². The third-order valence-electron chi connectivity index (χ3n) is 2.00. The van der Waals surface area contributed by atoms with Crippen LogP contribution in [0.25, 0.3) is 0 Å². The fourth-order valence-electron chi connectivity index (χ4n) is 1.59. The molecular formula is C13H25NO2. The summed E-state index contributed by atoms with van der Waals surface area (Å²) in [5.41, 5.74) is -0.395. The smallest absolute Gasteiger partial charge is 0.306 e. The van der Waals surface area contributed by atoms with Gasteiger partial charge >= 0.3 is 5.97 Å². The summed E-state index contributed by atoms with van der Waals surface area (Å²) in [6.45, 7) is 10.3. The van der Waals surface area contributed by atoms with Crippen LogP contribution in [0, 0.1) is 5.92 Å². The molecule has 0 saturated carbocycles. The Kier molecular flexibility index (Phi) is 6.34. The summed E-state index contributed by atoms with van der Waals surface area (Å²) < 4.78 is 5.30. The van der Waals surface area contributed by atoms with Gasteiger partial charge in [0.05, 0.1) is 0 Å². The van der Waals surface area contributed by atoms with E-state index in [0.717, 1.165) is 13.0 Å². The highest BCUT2D eigenvalue weighted by Gasteiger charge is 2.20. The zero-order valence-corrected chi connectivity index (χ0v) is 11.2. The van der Waals surface area contributed by atoms with Gasteiger partial charge in [-0.1, -0.05) is 6.08 Å². The lowest BCUT2D eigenvalue weighted by Gasteiger charge is -2.23. The van der Waals surface area contributed by atoms with Crippen LogP contribution in [0.4, 0.5) is 0 Å². The first kappa shape index (κ1) is 15.2. The minimum absolute atomic E-state index is 0.124. The molecule has 0 bridgehead atoms. The standard InChI is InChI=1S/C13H25NO2/c1-7-8-11(10-14(5)6)9-12(15)16-13(2,3)4/h7,11H,1,8-10H2,2-6H3/t11-/m0/s1. The van der Waals surface area contributed by atoms with Gasteiger partial charge < -0.3 is 9.64 Å². The SMILES string of the molecule is C=CC[C@@H](CC(=O)OC(C)(C)C)CN(C)C. The van der Waals surface area contributed by atoms with Crippen molar-refractivity contribution in [2.24, 2.45) is 5.92 Å². The van der Waals surface area contributed by atoms with E-state index in [0.29, 0.717) is 12.3 Å². The summed E-state index contributed by atoms with van der Waals surface area (Å²) in [5.74, 6) is 0.170. The predicted octanol–water partition coefficient (Wildman–Crippen LogP) is 2.47. The Balaban J connectivity index is 4.17. The van der Waals surface area contributed by atoms with Gasteiger partial charge in [0.2, 0.25) is 0 Å². The van der Waals surface area contributed by atoms with Gasteiger partial charge in [-0.05, 0) is 47.2 Å². The average Bonchev–Trinajstić information content (AvgIpc) is 1.98. The van der Waals surface area contributed by atoms with Crippen LogP contribution in [-0.4, -0.2) is 37.1 Å². The van der Waals surface area contributed by atoms with Gasteiger partial charge in [-0.3, -0.25) is 4.79 Å². The van der Waals surface area contributed by atoms with Gasteiger partial charge in [-0.2, -0.15) is 0 Å². The summed E-state index contributed by atoms with van der Waals surface area (Å²) in [6, 6.07) is 0. The van der Waals surface area contributed by atoms with Crippen molar-refractivity contribution in [2.75, 3.05) is 20.6 Å². The van der Waals surface area contributed by atoms with Crippen molar-refractivity contribution >= 4 is 5.97 Å². The van der Waals surface area contributed by atoms with Crippen LogP contribution in [0.5, 0.6) is 0 Å². The number of nitrogens with zero attached hydrogens (tertiary/aromatic N) is 1. The normalized spacial score (nSPS) is 13.6. The maximum absolute atomic E-state index is 11.7. The Bertz CT molecular complexity index is 229. The van der Waals surface area contributed by atoms with E-state index < -0.39 is 5.60 Å². The molecule has 0 amide bonds. The molecule has 1 atom stereocenters. The van der Waals surface area contributed by atoms with Crippen LogP contribution in [0.3, 0.4) is 0 Å². The maximum Gasteiger partial charge on any atom is 0.306 e. The third-order valence-corrected chi connectivity index (χ3v) is 2.00. The summed E-state index contributed by atoms with van der Waals surface area (Å²) in [6.07, 6.45) is 3.16. The Hall–Kier alpha value is -0.830. The van der Waals surface area contributed by atoms with Crippen LogP contribution in [-0.2, 0) is 9.53 Å². The fraction of sp³-hybridized carbons (Fsp3) is 0.769. The third kappa shape index (κ3) is 8.48. The lowest BCUT2D eigenvalue weighted by molar-refractivity contribution is -0.156. The second-order valence-corrected chi connectivity index (χ2v) is 5.44. The van der Waals surface area contributed by atoms with Crippen LogP contribution in [0.15, 0.2) is 12.7 Å². The van der Waals surface area contributed by atoms with Crippen LogP contribution >= 0.6 is 0 Å². The van der Waals surface area contributed by atoms with E-state index in [2.05, 4.69) is 11.5 Å². The van der Waals surface area contributed by atoms with Crippen molar-refractivity contribution in [3.63, 3.8) is 0 Å². The Labute approximate surface area is 99.5 Å². The molecule has 0 saturated heterocycles. The molecule has 0 heterocycles. The summed E-state index contributed by atoms with van der Waals surface area (Å²) >= 11 is 0. The predicted molar refractivity (Wildman–Crippen MR) is 67.3 cm³/mol. The highest BCUT2D eigenvalue weighted by molar-refractivity contribution is 5.70. The van der Waals surface area contributed by atoms with Crippen LogP contribution in [0.1, 0.15) is 33.6 Å². The minimum Gasteiger partial charge on any atom is -0.460 e. The van der Waals surface area contributed by atoms with Crippen molar-refractivity contribution in [2.45, 2.75) is 39.2 Å². The molecule has 3 heteroatoms. The van der Waals surface area contributed by atoms with Gasteiger partial charge in [-0.15, -0.1) is 6.58 Å². The first-order valence-electron chi connectivity index (χ1n) is 5.72. The second kappa shape index (κ2) is 6.69. The van der Waals surface area contributed by atoms with E-state index in [-0.39, 0.29) is 5.97 Å². The van der Waals surface area contributed by atoms with Gasteiger partial charge in [0, 0.05) is 13.0 Å². The molecule has 16 heavy (non-hydrogen) atoms. The lowest BCUT2D eigenvalue weighted by Crippen LogP contribution is -2.28. The molecule has 0 aliphatic carbocycles. The molecule has 0 aromatic heterocycles.